The van der Waals surface area contributed by atoms with Gasteiger partial charge >= 0.3 is 0 Å². The number of methoxy groups -OCH3 is 1. The highest BCUT2D eigenvalue weighted by atomic mass is 32.2. The van der Waals surface area contributed by atoms with Gasteiger partial charge in [0.15, 0.2) is 0 Å². The molecule has 0 saturated heterocycles. The lowest BCUT2D eigenvalue weighted by Crippen LogP contribution is -1.81. The van der Waals surface area contributed by atoms with Crippen LogP contribution in [0.15, 0.2) is 29.2 Å². The quantitative estimate of drug-likeness (QED) is 0.507. The van der Waals surface area contributed by atoms with Crippen LogP contribution < -0.4 is 0 Å². The lowest BCUT2D eigenvalue weighted by atomic mass is 10.2. The third-order valence-corrected chi connectivity index (χ3v) is 2.27. The first-order chi connectivity index (χ1) is 5.33. The SMILES string of the molecule is COCSc1cccc(C)c1. The summed E-state index contributed by atoms with van der Waals surface area (Å²) in [4.78, 5) is 1.27. The van der Waals surface area contributed by atoms with E-state index in [0.29, 0.717) is 0 Å². The standard InChI is InChI=1S/C9H12OS/c1-8-4-3-5-9(6-8)11-7-10-2/h3-6H,7H2,1-2H3. The van der Waals surface area contributed by atoms with Crippen LogP contribution in [0.4, 0.5) is 0 Å². The molecule has 0 amide bonds. The molecule has 0 aliphatic heterocycles. The number of thioether (sulfide) groups is 1. The molecule has 1 aromatic carbocycles. The summed E-state index contributed by atoms with van der Waals surface area (Å²) >= 11 is 1.71. The van der Waals surface area contributed by atoms with Gasteiger partial charge in [-0.25, -0.2) is 0 Å². The largest absolute Gasteiger partial charge is 0.374 e. The Kier molecular flexibility index (Phi) is 3.46. The summed E-state index contributed by atoms with van der Waals surface area (Å²) in [5.41, 5.74) is 1.30. The summed E-state index contributed by atoms with van der Waals surface area (Å²) in [5, 5.41) is 0. The van der Waals surface area contributed by atoms with E-state index in [-0.39, 0.29) is 0 Å². The number of benzene rings is 1. The van der Waals surface area contributed by atoms with Gasteiger partial charge in [0, 0.05) is 12.0 Å². The fraction of sp³-hybridized carbons (Fsp3) is 0.333. The number of aryl methyl sites for hydroxylation is 1. The van der Waals surface area contributed by atoms with Crippen molar-refractivity contribution < 1.29 is 4.74 Å². The van der Waals surface area contributed by atoms with Gasteiger partial charge in [-0.3, -0.25) is 0 Å². The van der Waals surface area contributed by atoms with Crippen molar-refractivity contribution in [3.8, 4) is 0 Å². The van der Waals surface area contributed by atoms with Crippen LogP contribution in [0.3, 0.4) is 0 Å². The van der Waals surface area contributed by atoms with Crippen LogP contribution in [0.1, 0.15) is 5.56 Å². The molecule has 0 atom stereocenters. The van der Waals surface area contributed by atoms with E-state index in [2.05, 4.69) is 31.2 Å². The van der Waals surface area contributed by atoms with Gasteiger partial charge in [0.1, 0.15) is 0 Å². The van der Waals surface area contributed by atoms with Gasteiger partial charge in [-0.05, 0) is 19.1 Å². The van der Waals surface area contributed by atoms with Crippen molar-refractivity contribution in [3.63, 3.8) is 0 Å². The predicted octanol–water partition coefficient (Wildman–Crippen LogP) is 2.69. The maximum Gasteiger partial charge on any atom is 0.0963 e. The predicted molar refractivity (Wildman–Crippen MR) is 48.9 cm³/mol. The van der Waals surface area contributed by atoms with Crippen molar-refractivity contribution in [2.75, 3.05) is 13.0 Å². The van der Waals surface area contributed by atoms with Crippen molar-refractivity contribution in [2.24, 2.45) is 0 Å². The molecule has 0 heterocycles. The maximum absolute atomic E-state index is 4.95. The van der Waals surface area contributed by atoms with E-state index in [9.17, 15) is 0 Å². The van der Waals surface area contributed by atoms with Gasteiger partial charge in [-0.1, -0.05) is 29.5 Å². The number of rotatable bonds is 3. The molecule has 0 N–H and O–H groups in total. The molecule has 11 heavy (non-hydrogen) atoms. The fourth-order valence-corrected chi connectivity index (χ4v) is 1.53. The third kappa shape index (κ3) is 2.95. The minimum Gasteiger partial charge on any atom is -0.374 e. The summed E-state index contributed by atoms with van der Waals surface area (Å²) in [6.07, 6.45) is 0. The van der Waals surface area contributed by atoms with Crippen LogP contribution in [-0.4, -0.2) is 13.0 Å². The van der Waals surface area contributed by atoms with Gasteiger partial charge in [-0.2, -0.15) is 0 Å². The zero-order valence-electron chi connectivity index (χ0n) is 6.83. The molecule has 1 aromatic rings. The normalized spacial score (nSPS) is 10.0. The number of hydrogen-bond acceptors (Lipinski definition) is 2. The summed E-state index contributed by atoms with van der Waals surface area (Å²) < 4.78 is 4.95. The van der Waals surface area contributed by atoms with Gasteiger partial charge < -0.3 is 4.74 Å². The molecular weight excluding hydrogens is 156 g/mol. The Balaban J connectivity index is 2.56. The Labute approximate surface area is 71.8 Å². The van der Waals surface area contributed by atoms with E-state index in [0.717, 1.165) is 5.94 Å². The third-order valence-electron chi connectivity index (χ3n) is 1.33. The second-order valence-corrected chi connectivity index (χ2v) is 3.36. The molecule has 2 heteroatoms. The molecule has 0 fully saturated rings. The van der Waals surface area contributed by atoms with Crippen LogP contribution in [0.5, 0.6) is 0 Å². The van der Waals surface area contributed by atoms with Crippen molar-refractivity contribution in [1.82, 2.24) is 0 Å². The molecule has 0 bridgehead atoms. The minimum atomic E-state index is 0.726. The van der Waals surface area contributed by atoms with Crippen LogP contribution in [-0.2, 0) is 4.74 Å². The summed E-state index contributed by atoms with van der Waals surface area (Å²) in [6.45, 7) is 2.09. The fourth-order valence-electron chi connectivity index (χ4n) is 0.832. The average Bonchev–Trinajstić information content (AvgIpc) is 2.01. The zero-order valence-corrected chi connectivity index (χ0v) is 7.65. The summed E-state index contributed by atoms with van der Waals surface area (Å²) in [5.74, 6) is 0.726. The van der Waals surface area contributed by atoms with Crippen LogP contribution in [0.25, 0.3) is 0 Å². The molecule has 0 unspecified atom stereocenters. The summed E-state index contributed by atoms with van der Waals surface area (Å²) in [7, 11) is 1.71. The Hall–Kier alpha value is -0.470. The number of ether oxygens (including phenoxy) is 1. The molecule has 1 nitrogen and oxygen atoms in total. The highest BCUT2D eigenvalue weighted by Crippen LogP contribution is 2.18. The molecule has 60 valence electrons. The van der Waals surface area contributed by atoms with E-state index in [1.165, 1.54) is 10.5 Å². The number of hydrogen-bond donors (Lipinski definition) is 0. The highest BCUT2D eigenvalue weighted by Gasteiger charge is 1.91. The minimum absolute atomic E-state index is 0.726. The van der Waals surface area contributed by atoms with Crippen LogP contribution >= 0.6 is 11.8 Å². The molecule has 0 aliphatic carbocycles. The van der Waals surface area contributed by atoms with E-state index >= 15 is 0 Å². The monoisotopic (exact) mass is 168 g/mol. The van der Waals surface area contributed by atoms with E-state index in [1.807, 2.05) is 0 Å². The first-order valence-corrected chi connectivity index (χ1v) is 4.50. The molecule has 0 saturated carbocycles. The second kappa shape index (κ2) is 4.42. The lowest BCUT2D eigenvalue weighted by molar-refractivity contribution is 0.259. The van der Waals surface area contributed by atoms with E-state index < -0.39 is 0 Å². The molecule has 0 radical (unpaired) electrons. The van der Waals surface area contributed by atoms with Crippen molar-refractivity contribution in [3.05, 3.63) is 29.8 Å². The van der Waals surface area contributed by atoms with E-state index in [1.54, 1.807) is 18.9 Å². The Morgan fingerprint density at radius 2 is 2.27 bits per heavy atom. The average molecular weight is 168 g/mol. The van der Waals surface area contributed by atoms with Gasteiger partial charge in [0.2, 0.25) is 0 Å². The van der Waals surface area contributed by atoms with Crippen molar-refractivity contribution in [1.29, 1.82) is 0 Å². The van der Waals surface area contributed by atoms with Crippen molar-refractivity contribution in [2.45, 2.75) is 11.8 Å². The molecule has 1 rings (SSSR count). The zero-order chi connectivity index (χ0) is 8.10. The highest BCUT2D eigenvalue weighted by molar-refractivity contribution is 7.99. The first-order valence-electron chi connectivity index (χ1n) is 3.51. The van der Waals surface area contributed by atoms with Gasteiger partial charge in [-0.15, -0.1) is 0 Å². The van der Waals surface area contributed by atoms with Crippen LogP contribution in [0, 0.1) is 6.92 Å². The smallest absolute Gasteiger partial charge is 0.0963 e. The molecule has 0 aliphatic rings. The second-order valence-electron chi connectivity index (χ2n) is 2.37. The molecular formula is C9H12OS. The van der Waals surface area contributed by atoms with E-state index in [4.69, 9.17) is 4.74 Å². The summed E-state index contributed by atoms with van der Waals surface area (Å²) in [6, 6.07) is 8.41. The lowest BCUT2D eigenvalue weighted by Gasteiger charge is -1.99. The Bertz CT molecular complexity index is 223. The Morgan fingerprint density at radius 1 is 1.45 bits per heavy atom. The molecule has 0 aromatic heterocycles. The van der Waals surface area contributed by atoms with Crippen LogP contribution in [0.2, 0.25) is 0 Å². The van der Waals surface area contributed by atoms with Crippen molar-refractivity contribution >= 4 is 11.8 Å². The van der Waals surface area contributed by atoms with Gasteiger partial charge in [0.25, 0.3) is 0 Å². The molecule has 0 spiro atoms. The maximum atomic E-state index is 4.95. The first kappa shape index (κ1) is 8.62. The van der Waals surface area contributed by atoms with Gasteiger partial charge in [0.05, 0.1) is 5.94 Å². The topological polar surface area (TPSA) is 9.23 Å². The Morgan fingerprint density at radius 3 is 2.91 bits per heavy atom.